The zero-order chi connectivity index (χ0) is 18.0. The summed E-state index contributed by atoms with van der Waals surface area (Å²) < 4.78 is 10.8. The van der Waals surface area contributed by atoms with Gasteiger partial charge in [-0.15, -0.1) is 0 Å². The molecule has 1 aliphatic carbocycles. The van der Waals surface area contributed by atoms with Crippen molar-refractivity contribution in [2.45, 2.75) is 41.0 Å². The summed E-state index contributed by atoms with van der Waals surface area (Å²) in [7, 11) is 3.33. The highest BCUT2D eigenvalue weighted by Gasteiger charge is 2.49. The Kier molecular flexibility index (Phi) is 5.95. The minimum Gasteiger partial charge on any atom is -0.497 e. The Hall–Kier alpha value is -1.51. The van der Waals surface area contributed by atoms with Crippen LogP contribution < -0.4 is 9.47 Å². The molecule has 1 aliphatic rings. The van der Waals surface area contributed by atoms with Gasteiger partial charge in [0.1, 0.15) is 17.3 Å². The van der Waals surface area contributed by atoms with Gasteiger partial charge in [0.2, 0.25) is 0 Å². The molecule has 1 aromatic carbocycles. The summed E-state index contributed by atoms with van der Waals surface area (Å²) >= 11 is 0. The first kappa shape index (κ1) is 18.8. The number of Topliss-reactive ketones (excluding diaryl/α,β-unsaturated/α-hetero) is 1. The molecule has 1 fully saturated rings. The van der Waals surface area contributed by atoms with E-state index in [9.17, 15) is 4.79 Å². The Morgan fingerprint density at radius 3 is 2.12 bits per heavy atom. The second-order valence-corrected chi connectivity index (χ2v) is 7.82. The zero-order valence-electron chi connectivity index (χ0n) is 16.1. The summed E-state index contributed by atoms with van der Waals surface area (Å²) in [6.45, 7) is 11.1. The minimum atomic E-state index is 0.0784. The highest BCUT2D eigenvalue weighted by Crippen LogP contribution is 2.48. The molecule has 1 aromatic rings. The summed E-state index contributed by atoms with van der Waals surface area (Å²) in [5.41, 5.74) is 1.10. The normalized spacial score (nSPS) is 27.1. The van der Waals surface area contributed by atoms with Crippen LogP contribution in [0.15, 0.2) is 18.2 Å². The van der Waals surface area contributed by atoms with Crippen molar-refractivity contribution in [2.24, 2.45) is 35.5 Å². The maximum Gasteiger partial charge on any atom is 0.139 e. The molecule has 0 heterocycles. The molecule has 3 heteroatoms. The number of methoxy groups -OCH3 is 2. The van der Waals surface area contributed by atoms with Crippen LogP contribution in [0.25, 0.3) is 0 Å². The third-order valence-corrected chi connectivity index (χ3v) is 5.77. The molecule has 0 radical (unpaired) electrons. The molecule has 0 aromatic heterocycles. The molecule has 24 heavy (non-hydrogen) atoms. The van der Waals surface area contributed by atoms with Crippen molar-refractivity contribution in [3.05, 3.63) is 23.8 Å². The quantitative estimate of drug-likeness (QED) is 0.762. The number of carbonyl (C=O) groups is 1. The highest BCUT2D eigenvalue weighted by atomic mass is 16.5. The van der Waals surface area contributed by atoms with E-state index in [2.05, 4.69) is 34.6 Å². The van der Waals surface area contributed by atoms with E-state index in [1.165, 1.54) is 0 Å². The van der Waals surface area contributed by atoms with Crippen LogP contribution in [0.3, 0.4) is 0 Å². The van der Waals surface area contributed by atoms with Gasteiger partial charge in [-0.3, -0.25) is 4.79 Å². The van der Waals surface area contributed by atoms with Crippen molar-refractivity contribution in [3.8, 4) is 11.5 Å². The van der Waals surface area contributed by atoms with Gasteiger partial charge in [0.25, 0.3) is 0 Å². The van der Waals surface area contributed by atoms with Gasteiger partial charge in [-0.25, -0.2) is 0 Å². The SMILES string of the molecule is COc1ccc(C[C@@H]2C(=O)[C@@H](C)[C@H](C(C)C)[C@H]2C(C)C)c(OC)c1. The Bertz CT molecular complexity index is 576. The molecule has 134 valence electrons. The van der Waals surface area contributed by atoms with Crippen molar-refractivity contribution in [1.29, 1.82) is 0 Å². The van der Waals surface area contributed by atoms with Gasteiger partial charge in [-0.2, -0.15) is 0 Å². The van der Waals surface area contributed by atoms with Crippen molar-refractivity contribution in [1.82, 2.24) is 0 Å². The van der Waals surface area contributed by atoms with Crippen molar-refractivity contribution in [3.63, 3.8) is 0 Å². The first-order chi connectivity index (χ1) is 11.3. The Morgan fingerprint density at radius 2 is 1.62 bits per heavy atom. The highest BCUT2D eigenvalue weighted by molar-refractivity contribution is 5.86. The third-order valence-electron chi connectivity index (χ3n) is 5.77. The van der Waals surface area contributed by atoms with Crippen LogP contribution in [0.2, 0.25) is 0 Å². The van der Waals surface area contributed by atoms with E-state index in [-0.39, 0.29) is 11.8 Å². The van der Waals surface area contributed by atoms with Crippen molar-refractivity contribution >= 4 is 5.78 Å². The largest absolute Gasteiger partial charge is 0.497 e. The number of ether oxygens (including phenoxy) is 2. The van der Waals surface area contributed by atoms with Crippen LogP contribution in [0, 0.1) is 35.5 Å². The molecule has 0 spiro atoms. The maximum absolute atomic E-state index is 13.0. The fourth-order valence-corrected chi connectivity index (χ4v) is 4.74. The number of rotatable bonds is 6. The molecule has 0 N–H and O–H groups in total. The van der Waals surface area contributed by atoms with E-state index in [0.717, 1.165) is 23.5 Å². The van der Waals surface area contributed by atoms with Crippen LogP contribution in [0.5, 0.6) is 11.5 Å². The first-order valence-electron chi connectivity index (χ1n) is 9.06. The van der Waals surface area contributed by atoms with Crippen molar-refractivity contribution in [2.75, 3.05) is 14.2 Å². The predicted molar refractivity (Wildman–Crippen MR) is 97.6 cm³/mol. The minimum absolute atomic E-state index is 0.0784. The standard InChI is InChI=1S/C21H32O3/c1-12(2)19-14(5)21(22)17(20(19)13(3)4)10-15-8-9-16(23-6)11-18(15)24-7/h8-9,11-14,17,19-20H,10H2,1-7H3/t14-,17-,19-,20-/m0/s1. The molecule has 2 rings (SSSR count). The lowest BCUT2D eigenvalue weighted by Gasteiger charge is -2.31. The average Bonchev–Trinajstić information content (AvgIpc) is 2.80. The number of benzene rings is 1. The molecule has 4 atom stereocenters. The molecule has 1 saturated carbocycles. The molecule has 0 bridgehead atoms. The predicted octanol–water partition coefficient (Wildman–Crippen LogP) is 4.63. The lowest BCUT2D eigenvalue weighted by atomic mass is 9.73. The third kappa shape index (κ3) is 3.45. The van der Waals surface area contributed by atoms with Crippen LogP contribution in [0.1, 0.15) is 40.2 Å². The van der Waals surface area contributed by atoms with E-state index in [4.69, 9.17) is 9.47 Å². The van der Waals surface area contributed by atoms with Gasteiger partial charge >= 0.3 is 0 Å². The molecule has 0 saturated heterocycles. The van der Waals surface area contributed by atoms with Crippen LogP contribution in [-0.2, 0) is 11.2 Å². The van der Waals surface area contributed by atoms with Gasteiger partial charge in [0, 0.05) is 17.9 Å². The lowest BCUT2D eigenvalue weighted by Crippen LogP contribution is -2.27. The van der Waals surface area contributed by atoms with E-state index in [1.807, 2.05) is 18.2 Å². The number of hydrogen-bond acceptors (Lipinski definition) is 3. The van der Waals surface area contributed by atoms with Crippen LogP contribution >= 0.6 is 0 Å². The smallest absolute Gasteiger partial charge is 0.139 e. The molecule has 0 unspecified atom stereocenters. The first-order valence-corrected chi connectivity index (χ1v) is 9.06. The van der Waals surface area contributed by atoms with Gasteiger partial charge in [-0.1, -0.05) is 40.7 Å². The number of hydrogen-bond donors (Lipinski definition) is 0. The molecular formula is C21H32O3. The number of carbonyl (C=O) groups excluding carboxylic acids is 1. The van der Waals surface area contributed by atoms with E-state index >= 15 is 0 Å². The summed E-state index contributed by atoms with van der Waals surface area (Å²) in [6.07, 6.45) is 0.752. The van der Waals surface area contributed by atoms with Crippen LogP contribution in [-0.4, -0.2) is 20.0 Å². The molecule has 0 aliphatic heterocycles. The monoisotopic (exact) mass is 332 g/mol. The average molecular weight is 332 g/mol. The van der Waals surface area contributed by atoms with E-state index in [0.29, 0.717) is 29.5 Å². The van der Waals surface area contributed by atoms with Gasteiger partial charge < -0.3 is 9.47 Å². The second kappa shape index (κ2) is 7.58. The summed E-state index contributed by atoms with van der Waals surface area (Å²) in [6, 6.07) is 5.89. The van der Waals surface area contributed by atoms with Crippen LogP contribution in [0.4, 0.5) is 0 Å². The van der Waals surface area contributed by atoms with Crippen molar-refractivity contribution < 1.29 is 14.3 Å². The Morgan fingerprint density at radius 1 is 1.00 bits per heavy atom. The molecule has 3 nitrogen and oxygen atoms in total. The fraction of sp³-hybridized carbons (Fsp3) is 0.667. The second-order valence-electron chi connectivity index (χ2n) is 7.82. The zero-order valence-corrected chi connectivity index (χ0v) is 16.1. The fourth-order valence-electron chi connectivity index (χ4n) is 4.74. The van der Waals surface area contributed by atoms with E-state index < -0.39 is 0 Å². The van der Waals surface area contributed by atoms with Gasteiger partial charge in [0.15, 0.2) is 0 Å². The van der Waals surface area contributed by atoms with Gasteiger partial charge in [0.05, 0.1) is 14.2 Å². The summed E-state index contributed by atoms with van der Waals surface area (Å²) in [4.78, 5) is 13.0. The maximum atomic E-state index is 13.0. The summed E-state index contributed by atoms with van der Waals surface area (Å²) in [5, 5.41) is 0. The molecular weight excluding hydrogens is 300 g/mol. The summed E-state index contributed by atoms with van der Waals surface area (Å²) in [5.74, 6) is 4.16. The van der Waals surface area contributed by atoms with E-state index in [1.54, 1.807) is 14.2 Å². The van der Waals surface area contributed by atoms with Gasteiger partial charge in [-0.05, 0) is 41.7 Å². The Balaban J connectivity index is 2.35. The number of ketones is 1. The molecule has 0 amide bonds. The Labute approximate surface area is 146 Å². The lowest BCUT2D eigenvalue weighted by molar-refractivity contribution is -0.124. The topological polar surface area (TPSA) is 35.5 Å².